The second-order valence-corrected chi connectivity index (χ2v) is 3.07. The molecule has 0 aliphatic carbocycles. The van der Waals surface area contributed by atoms with Crippen LogP contribution in [-0.2, 0) is 23.9 Å². The lowest BCUT2D eigenvalue weighted by Crippen LogP contribution is -2.40. The number of hydrogen-bond acceptors (Lipinski definition) is 5. The summed E-state index contributed by atoms with van der Waals surface area (Å²) in [7, 11) is 1.24. The molecule has 0 bridgehead atoms. The van der Waals surface area contributed by atoms with Gasteiger partial charge in [-0.3, -0.25) is 9.59 Å². The molecule has 0 heterocycles. The Morgan fingerprint density at radius 1 is 1.41 bits per heavy atom. The van der Waals surface area contributed by atoms with E-state index in [1.165, 1.54) is 20.1 Å². The SMILES string of the molecule is COC(=O)/C=C/COCC(=O)NC(C)C(=O)O. The fourth-order valence-corrected chi connectivity index (χ4v) is 0.777. The number of ether oxygens (including phenoxy) is 2. The number of carbonyl (C=O) groups is 3. The van der Waals surface area contributed by atoms with Crippen LogP contribution >= 0.6 is 0 Å². The predicted octanol–water partition coefficient (Wildman–Crippen LogP) is -0.678. The van der Waals surface area contributed by atoms with Gasteiger partial charge in [-0.15, -0.1) is 0 Å². The number of carbonyl (C=O) groups excluding carboxylic acids is 2. The highest BCUT2D eigenvalue weighted by Gasteiger charge is 2.13. The standard InChI is InChI=1S/C10H15NO6/c1-7(10(14)15)11-8(12)6-17-5-3-4-9(13)16-2/h3-4,7H,5-6H2,1-2H3,(H,11,12)(H,14,15)/b4-3+. The van der Waals surface area contributed by atoms with E-state index in [-0.39, 0.29) is 13.2 Å². The summed E-state index contributed by atoms with van der Waals surface area (Å²) in [6, 6.07) is -0.961. The second kappa shape index (κ2) is 8.28. The highest BCUT2D eigenvalue weighted by molar-refractivity contribution is 5.84. The van der Waals surface area contributed by atoms with Crippen LogP contribution in [0.15, 0.2) is 12.2 Å². The molecule has 7 nitrogen and oxygen atoms in total. The number of methoxy groups -OCH3 is 1. The molecule has 0 aliphatic rings. The first-order chi connectivity index (χ1) is 7.97. The average Bonchev–Trinajstić information content (AvgIpc) is 2.27. The van der Waals surface area contributed by atoms with Gasteiger partial charge in [0.05, 0.1) is 13.7 Å². The molecule has 0 aliphatic heterocycles. The molecule has 0 spiro atoms. The van der Waals surface area contributed by atoms with Crippen molar-refractivity contribution >= 4 is 17.8 Å². The molecule has 0 saturated heterocycles. The van der Waals surface area contributed by atoms with Gasteiger partial charge in [0.2, 0.25) is 5.91 Å². The van der Waals surface area contributed by atoms with Gasteiger partial charge >= 0.3 is 11.9 Å². The Balaban J connectivity index is 3.69. The fraction of sp³-hybridized carbons (Fsp3) is 0.500. The highest BCUT2D eigenvalue weighted by Crippen LogP contribution is 1.84. The number of nitrogens with one attached hydrogen (secondary N) is 1. The van der Waals surface area contributed by atoms with Crippen molar-refractivity contribution in [3.05, 3.63) is 12.2 Å². The van der Waals surface area contributed by atoms with Gasteiger partial charge in [-0.2, -0.15) is 0 Å². The van der Waals surface area contributed by atoms with Gasteiger partial charge in [-0.05, 0) is 6.92 Å². The second-order valence-electron chi connectivity index (χ2n) is 3.07. The van der Waals surface area contributed by atoms with E-state index >= 15 is 0 Å². The van der Waals surface area contributed by atoms with Gasteiger partial charge in [-0.25, -0.2) is 4.79 Å². The minimum atomic E-state index is -1.12. The van der Waals surface area contributed by atoms with Gasteiger partial charge in [0.15, 0.2) is 0 Å². The van der Waals surface area contributed by atoms with Crippen molar-refractivity contribution in [2.24, 2.45) is 0 Å². The zero-order valence-electron chi connectivity index (χ0n) is 9.63. The lowest BCUT2D eigenvalue weighted by molar-refractivity contribution is -0.142. The van der Waals surface area contributed by atoms with Crippen LogP contribution in [0, 0.1) is 0 Å². The zero-order chi connectivity index (χ0) is 13.3. The Hall–Kier alpha value is -1.89. The molecule has 0 aromatic carbocycles. The van der Waals surface area contributed by atoms with Crippen LogP contribution in [0.1, 0.15) is 6.92 Å². The molecule has 17 heavy (non-hydrogen) atoms. The monoisotopic (exact) mass is 245 g/mol. The summed E-state index contributed by atoms with van der Waals surface area (Å²) in [5.41, 5.74) is 0. The lowest BCUT2D eigenvalue weighted by atomic mass is 10.3. The minimum Gasteiger partial charge on any atom is -0.480 e. The van der Waals surface area contributed by atoms with Crippen molar-refractivity contribution in [3.8, 4) is 0 Å². The van der Waals surface area contributed by atoms with Crippen LogP contribution in [0.25, 0.3) is 0 Å². The number of rotatable bonds is 7. The molecule has 7 heteroatoms. The number of hydrogen-bond donors (Lipinski definition) is 2. The molecular formula is C10H15NO6. The molecule has 0 fully saturated rings. The first-order valence-corrected chi connectivity index (χ1v) is 4.81. The zero-order valence-corrected chi connectivity index (χ0v) is 9.63. The van der Waals surface area contributed by atoms with Crippen molar-refractivity contribution in [2.45, 2.75) is 13.0 Å². The third-order valence-corrected chi connectivity index (χ3v) is 1.65. The molecular weight excluding hydrogens is 230 g/mol. The smallest absolute Gasteiger partial charge is 0.330 e. The van der Waals surface area contributed by atoms with E-state index in [1.54, 1.807) is 0 Å². The van der Waals surface area contributed by atoms with E-state index in [0.29, 0.717) is 0 Å². The maximum absolute atomic E-state index is 11.1. The summed E-state index contributed by atoms with van der Waals surface area (Å²) in [6.07, 6.45) is 2.55. The summed E-state index contributed by atoms with van der Waals surface area (Å²) in [5.74, 6) is -2.17. The number of carboxylic acid groups (broad SMARTS) is 1. The highest BCUT2D eigenvalue weighted by atomic mass is 16.5. The molecule has 1 atom stereocenters. The van der Waals surface area contributed by atoms with Crippen LogP contribution in [0.4, 0.5) is 0 Å². The molecule has 0 aromatic rings. The molecule has 96 valence electrons. The summed E-state index contributed by atoms with van der Waals surface area (Å²) >= 11 is 0. The van der Waals surface area contributed by atoms with Crippen LogP contribution in [0.3, 0.4) is 0 Å². The average molecular weight is 245 g/mol. The van der Waals surface area contributed by atoms with Crippen LogP contribution in [0.2, 0.25) is 0 Å². The third-order valence-electron chi connectivity index (χ3n) is 1.65. The third kappa shape index (κ3) is 7.97. The van der Waals surface area contributed by atoms with Gasteiger partial charge < -0.3 is 19.9 Å². The first kappa shape index (κ1) is 15.1. The van der Waals surface area contributed by atoms with E-state index in [4.69, 9.17) is 9.84 Å². The van der Waals surface area contributed by atoms with Crippen LogP contribution in [0.5, 0.6) is 0 Å². The van der Waals surface area contributed by atoms with E-state index < -0.39 is 23.9 Å². The molecule has 2 N–H and O–H groups in total. The Kier molecular flexibility index (Phi) is 7.36. The van der Waals surface area contributed by atoms with Crippen LogP contribution < -0.4 is 5.32 Å². The number of carboxylic acids is 1. The van der Waals surface area contributed by atoms with Gasteiger partial charge in [0.25, 0.3) is 0 Å². The Bertz CT molecular complexity index is 312. The first-order valence-electron chi connectivity index (χ1n) is 4.81. The van der Waals surface area contributed by atoms with E-state index in [2.05, 4.69) is 10.1 Å². The fourth-order valence-electron chi connectivity index (χ4n) is 0.777. The van der Waals surface area contributed by atoms with Crippen molar-refractivity contribution in [2.75, 3.05) is 20.3 Å². The number of amides is 1. The topological polar surface area (TPSA) is 102 Å². The predicted molar refractivity (Wildman–Crippen MR) is 57.2 cm³/mol. The molecule has 0 saturated carbocycles. The molecule has 0 aromatic heterocycles. The van der Waals surface area contributed by atoms with Crippen molar-refractivity contribution in [1.82, 2.24) is 5.32 Å². The minimum absolute atomic E-state index is 0.0595. The van der Waals surface area contributed by atoms with Gasteiger partial charge in [0, 0.05) is 6.08 Å². The van der Waals surface area contributed by atoms with Gasteiger partial charge in [-0.1, -0.05) is 6.08 Å². The maximum Gasteiger partial charge on any atom is 0.330 e. The van der Waals surface area contributed by atoms with Crippen LogP contribution in [-0.4, -0.2) is 49.3 Å². The van der Waals surface area contributed by atoms with Crippen molar-refractivity contribution in [3.63, 3.8) is 0 Å². The van der Waals surface area contributed by atoms with E-state index in [0.717, 1.165) is 6.08 Å². The maximum atomic E-state index is 11.1. The molecule has 1 unspecified atom stereocenters. The van der Waals surface area contributed by atoms with E-state index in [9.17, 15) is 14.4 Å². The van der Waals surface area contributed by atoms with Crippen molar-refractivity contribution in [1.29, 1.82) is 0 Å². The largest absolute Gasteiger partial charge is 0.480 e. The molecule has 0 radical (unpaired) electrons. The van der Waals surface area contributed by atoms with Crippen molar-refractivity contribution < 1.29 is 29.0 Å². The lowest BCUT2D eigenvalue weighted by Gasteiger charge is -2.08. The summed E-state index contributed by atoms with van der Waals surface area (Å²) in [5, 5.41) is 10.7. The summed E-state index contributed by atoms with van der Waals surface area (Å²) in [4.78, 5) is 32.1. The molecule has 0 rings (SSSR count). The summed E-state index contributed by atoms with van der Waals surface area (Å²) in [6.45, 7) is 1.13. The Morgan fingerprint density at radius 2 is 2.06 bits per heavy atom. The Morgan fingerprint density at radius 3 is 2.59 bits per heavy atom. The van der Waals surface area contributed by atoms with Gasteiger partial charge in [0.1, 0.15) is 12.6 Å². The quantitative estimate of drug-likeness (QED) is 0.350. The summed E-state index contributed by atoms with van der Waals surface area (Å²) < 4.78 is 9.20. The number of aliphatic carboxylic acids is 1. The molecule has 1 amide bonds. The normalized spacial score (nSPS) is 12.1. The number of esters is 1. The Labute approximate surface area is 98.4 Å². The van der Waals surface area contributed by atoms with E-state index in [1.807, 2.05) is 0 Å².